The van der Waals surface area contributed by atoms with Crippen LogP contribution < -0.4 is 5.32 Å². The van der Waals surface area contributed by atoms with Gasteiger partial charge in [-0.3, -0.25) is 0 Å². The van der Waals surface area contributed by atoms with E-state index < -0.39 is 0 Å². The Labute approximate surface area is 139 Å². The lowest BCUT2D eigenvalue weighted by atomic mass is 10.2. The first-order valence-electron chi connectivity index (χ1n) is 6.72. The molecule has 0 radical (unpaired) electrons. The topological polar surface area (TPSA) is 37.8 Å². The van der Waals surface area contributed by atoms with Gasteiger partial charge in [-0.15, -0.1) is 11.3 Å². The van der Waals surface area contributed by atoms with Gasteiger partial charge in [-0.05, 0) is 64.5 Å². The molecule has 4 rings (SSSR count). The Morgan fingerprint density at radius 2 is 2.05 bits per heavy atom. The fourth-order valence-electron chi connectivity index (χ4n) is 2.75. The third-order valence-corrected chi connectivity index (χ3v) is 5.71. The van der Waals surface area contributed by atoms with Crippen LogP contribution in [0.2, 0.25) is 5.28 Å². The Balaban J connectivity index is 1.90. The molecule has 0 saturated carbocycles. The van der Waals surface area contributed by atoms with E-state index in [1.807, 2.05) is 24.3 Å². The number of thiophene rings is 1. The highest BCUT2D eigenvalue weighted by molar-refractivity contribution is 9.10. The largest absolute Gasteiger partial charge is 0.339 e. The van der Waals surface area contributed by atoms with Crippen molar-refractivity contribution < 1.29 is 0 Å². The Morgan fingerprint density at radius 1 is 1.19 bits per heavy atom. The van der Waals surface area contributed by atoms with Crippen LogP contribution in [0.5, 0.6) is 0 Å². The van der Waals surface area contributed by atoms with Crippen LogP contribution in [-0.4, -0.2) is 9.97 Å². The predicted molar refractivity (Wildman–Crippen MR) is 91.9 cm³/mol. The molecular formula is C15H11BrClN3S. The van der Waals surface area contributed by atoms with Gasteiger partial charge in [0, 0.05) is 9.35 Å². The summed E-state index contributed by atoms with van der Waals surface area (Å²) in [5.74, 6) is 0.802. The van der Waals surface area contributed by atoms with E-state index in [0.29, 0.717) is 0 Å². The molecule has 0 spiro atoms. The molecular weight excluding hydrogens is 370 g/mol. The summed E-state index contributed by atoms with van der Waals surface area (Å²) in [4.78, 5) is 11.2. The molecule has 21 heavy (non-hydrogen) atoms. The molecule has 1 aliphatic rings. The zero-order valence-corrected chi connectivity index (χ0v) is 14.1. The number of para-hydroxylation sites is 1. The standard InChI is InChI=1S/C15H11BrClN3S/c16-9-5-1-2-6-10(9)18-13-12-8-4-3-7-11(8)21-14(12)20-15(17)19-13/h1-2,5-6H,3-4,7H2,(H,18,19,20). The van der Waals surface area contributed by atoms with E-state index in [0.717, 1.165) is 39.0 Å². The van der Waals surface area contributed by atoms with Gasteiger partial charge in [0.25, 0.3) is 0 Å². The van der Waals surface area contributed by atoms with Crippen LogP contribution >= 0.6 is 38.9 Å². The van der Waals surface area contributed by atoms with Crippen molar-refractivity contribution in [1.29, 1.82) is 0 Å². The van der Waals surface area contributed by atoms with Crippen molar-refractivity contribution in [2.45, 2.75) is 19.3 Å². The molecule has 0 bridgehead atoms. The van der Waals surface area contributed by atoms with E-state index in [1.165, 1.54) is 16.9 Å². The third-order valence-electron chi connectivity index (χ3n) is 3.66. The number of anilines is 2. The first-order chi connectivity index (χ1) is 10.2. The maximum atomic E-state index is 6.09. The van der Waals surface area contributed by atoms with Crippen LogP contribution in [-0.2, 0) is 12.8 Å². The zero-order chi connectivity index (χ0) is 14.4. The van der Waals surface area contributed by atoms with Gasteiger partial charge < -0.3 is 5.32 Å². The summed E-state index contributed by atoms with van der Waals surface area (Å²) in [6.07, 6.45) is 3.46. The van der Waals surface area contributed by atoms with Crippen molar-refractivity contribution >= 4 is 60.6 Å². The molecule has 0 amide bonds. The second-order valence-electron chi connectivity index (χ2n) is 4.98. The summed E-state index contributed by atoms with van der Waals surface area (Å²) in [5.41, 5.74) is 2.37. The molecule has 2 heterocycles. The van der Waals surface area contributed by atoms with Crippen molar-refractivity contribution in [1.82, 2.24) is 9.97 Å². The van der Waals surface area contributed by atoms with Gasteiger partial charge in [0.1, 0.15) is 10.6 Å². The predicted octanol–water partition coefficient (Wildman–Crippen LogP) is 5.34. The van der Waals surface area contributed by atoms with E-state index in [1.54, 1.807) is 11.3 Å². The van der Waals surface area contributed by atoms with E-state index in [9.17, 15) is 0 Å². The van der Waals surface area contributed by atoms with Gasteiger partial charge in [-0.1, -0.05) is 12.1 Å². The lowest BCUT2D eigenvalue weighted by molar-refractivity contribution is 0.917. The highest BCUT2D eigenvalue weighted by atomic mass is 79.9. The number of halogens is 2. The molecule has 2 aromatic heterocycles. The third kappa shape index (κ3) is 2.33. The minimum absolute atomic E-state index is 0.289. The number of nitrogens with zero attached hydrogens (tertiary/aromatic N) is 2. The molecule has 0 saturated heterocycles. The minimum atomic E-state index is 0.289. The Morgan fingerprint density at radius 3 is 2.90 bits per heavy atom. The lowest BCUT2D eigenvalue weighted by Crippen LogP contribution is -1.97. The fourth-order valence-corrected chi connectivity index (χ4v) is 4.61. The van der Waals surface area contributed by atoms with Crippen LogP contribution in [0.1, 0.15) is 16.9 Å². The van der Waals surface area contributed by atoms with E-state index in [-0.39, 0.29) is 5.28 Å². The number of aromatic nitrogens is 2. The van der Waals surface area contributed by atoms with Gasteiger partial charge >= 0.3 is 0 Å². The first-order valence-corrected chi connectivity index (χ1v) is 8.70. The van der Waals surface area contributed by atoms with Crippen molar-refractivity contribution in [2.75, 3.05) is 5.32 Å². The number of hydrogen-bond donors (Lipinski definition) is 1. The molecule has 0 unspecified atom stereocenters. The Bertz CT molecular complexity index is 846. The Hall–Kier alpha value is -1.17. The summed E-state index contributed by atoms with van der Waals surface area (Å²) in [6, 6.07) is 7.99. The average Bonchev–Trinajstić information content (AvgIpc) is 3.01. The van der Waals surface area contributed by atoms with Crippen LogP contribution in [0, 0.1) is 0 Å². The van der Waals surface area contributed by atoms with Gasteiger partial charge in [0.15, 0.2) is 0 Å². The number of rotatable bonds is 2. The normalized spacial score (nSPS) is 13.6. The molecule has 0 aliphatic heterocycles. The average molecular weight is 381 g/mol. The molecule has 1 aliphatic carbocycles. The number of fused-ring (bicyclic) bond motifs is 3. The molecule has 3 aromatic rings. The van der Waals surface area contributed by atoms with Gasteiger partial charge in [0.2, 0.25) is 5.28 Å². The molecule has 3 nitrogen and oxygen atoms in total. The minimum Gasteiger partial charge on any atom is -0.339 e. The van der Waals surface area contributed by atoms with Crippen LogP contribution in [0.25, 0.3) is 10.2 Å². The highest BCUT2D eigenvalue weighted by Crippen LogP contribution is 2.41. The fraction of sp³-hybridized carbons (Fsp3) is 0.200. The molecule has 106 valence electrons. The van der Waals surface area contributed by atoms with Crippen molar-refractivity contribution in [3.63, 3.8) is 0 Å². The second kappa shape index (κ2) is 5.23. The first kappa shape index (κ1) is 13.5. The van der Waals surface area contributed by atoms with Crippen LogP contribution in [0.3, 0.4) is 0 Å². The van der Waals surface area contributed by atoms with Crippen molar-refractivity contribution in [2.24, 2.45) is 0 Å². The molecule has 6 heteroatoms. The SMILES string of the molecule is Clc1nc(Nc2ccccc2Br)c2c3c(sc2n1)CCC3. The monoisotopic (exact) mass is 379 g/mol. The summed E-state index contributed by atoms with van der Waals surface area (Å²) in [5, 5.41) is 4.82. The molecule has 0 fully saturated rings. The summed E-state index contributed by atoms with van der Waals surface area (Å²) >= 11 is 11.4. The van der Waals surface area contributed by atoms with Crippen LogP contribution in [0.15, 0.2) is 28.7 Å². The summed E-state index contributed by atoms with van der Waals surface area (Å²) in [6.45, 7) is 0. The van der Waals surface area contributed by atoms with E-state index in [4.69, 9.17) is 11.6 Å². The smallest absolute Gasteiger partial charge is 0.225 e. The number of aryl methyl sites for hydroxylation is 2. The number of hydrogen-bond acceptors (Lipinski definition) is 4. The number of nitrogens with one attached hydrogen (secondary N) is 1. The van der Waals surface area contributed by atoms with E-state index >= 15 is 0 Å². The van der Waals surface area contributed by atoms with Gasteiger partial charge in [0.05, 0.1) is 11.1 Å². The van der Waals surface area contributed by atoms with Crippen molar-refractivity contribution in [3.05, 3.63) is 44.5 Å². The van der Waals surface area contributed by atoms with E-state index in [2.05, 4.69) is 31.2 Å². The summed E-state index contributed by atoms with van der Waals surface area (Å²) in [7, 11) is 0. The van der Waals surface area contributed by atoms with Gasteiger partial charge in [-0.25, -0.2) is 4.98 Å². The maximum absolute atomic E-state index is 6.09. The maximum Gasteiger partial charge on any atom is 0.225 e. The lowest BCUT2D eigenvalue weighted by Gasteiger charge is -2.09. The number of benzene rings is 1. The zero-order valence-electron chi connectivity index (χ0n) is 11.0. The van der Waals surface area contributed by atoms with Crippen LogP contribution in [0.4, 0.5) is 11.5 Å². The molecule has 1 aromatic carbocycles. The summed E-state index contributed by atoms with van der Waals surface area (Å²) < 4.78 is 1.000. The highest BCUT2D eigenvalue weighted by Gasteiger charge is 2.22. The second-order valence-corrected chi connectivity index (χ2v) is 7.26. The molecule has 1 N–H and O–H groups in total. The van der Waals surface area contributed by atoms with Gasteiger partial charge in [-0.2, -0.15) is 4.98 Å². The Kier molecular flexibility index (Phi) is 3.36. The quantitative estimate of drug-likeness (QED) is 0.610. The molecule has 0 atom stereocenters. The van der Waals surface area contributed by atoms with Crippen molar-refractivity contribution in [3.8, 4) is 0 Å².